The second-order valence-electron chi connectivity index (χ2n) is 9.04. The first-order valence-electron chi connectivity index (χ1n) is 12.4. The van der Waals surface area contributed by atoms with Crippen molar-refractivity contribution in [1.82, 2.24) is 0 Å². The normalized spacial score (nSPS) is 11.4. The fraction of sp³-hybridized carbons (Fsp3) is 0.379. The number of carbonyl (C=O) groups excluding carboxylic acids is 2. The van der Waals surface area contributed by atoms with Gasteiger partial charge in [0.05, 0.1) is 0 Å². The molecule has 0 saturated carbocycles. The maximum Gasteiger partial charge on any atom is 0.291 e. The van der Waals surface area contributed by atoms with Crippen LogP contribution in [0.3, 0.4) is 0 Å². The lowest BCUT2D eigenvalue weighted by molar-refractivity contribution is 0.0879. The van der Waals surface area contributed by atoms with Gasteiger partial charge in [-0.15, -0.1) is 0 Å². The van der Waals surface area contributed by atoms with Gasteiger partial charge >= 0.3 is 0 Å². The van der Waals surface area contributed by atoms with Crippen molar-refractivity contribution in [2.24, 2.45) is 5.92 Å². The molecule has 6 nitrogen and oxygen atoms in total. The Balaban J connectivity index is 1.58. The quantitative estimate of drug-likeness (QED) is 0.259. The van der Waals surface area contributed by atoms with Crippen molar-refractivity contribution in [3.8, 4) is 11.5 Å². The predicted octanol–water partition coefficient (Wildman–Crippen LogP) is 7.93. The van der Waals surface area contributed by atoms with E-state index < -0.39 is 5.91 Å². The number of rotatable bonds is 12. The largest absolute Gasteiger partial charge is 0.457 e. The molecule has 6 heteroatoms. The van der Waals surface area contributed by atoms with Crippen molar-refractivity contribution in [3.63, 3.8) is 0 Å². The Labute approximate surface area is 208 Å². The number of benzene rings is 2. The van der Waals surface area contributed by atoms with Crippen LogP contribution in [0.1, 0.15) is 81.4 Å². The number of nitrogens with one attached hydrogen (secondary N) is 2. The third-order valence-corrected chi connectivity index (χ3v) is 6.64. The maximum atomic E-state index is 12.6. The maximum absolute atomic E-state index is 12.6. The summed E-state index contributed by atoms with van der Waals surface area (Å²) in [4.78, 5) is 25.0. The molecule has 2 N–H and O–H groups in total. The smallest absolute Gasteiger partial charge is 0.291 e. The van der Waals surface area contributed by atoms with Gasteiger partial charge in [0.2, 0.25) is 5.78 Å². The number of furan rings is 1. The molecule has 2 aromatic carbocycles. The third kappa shape index (κ3) is 6.75. The van der Waals surface area contributed by atoms with Crippen LogP contribution in [-0.4, -0.2) is 17.2 Å². The highest BCUT2D eigenvalue weighted by atomic mass is 16.5. The van der Waals surface area contributed by atoms with E-state index in [0.29, 0.717) is 11.4 Å². The lowest BCUT2D eigenvalue weighted by Crippen LogP contribution is -2.32. The van der Waals surface area contributed by atoms with Crippen molar-refractivity contribution in [2.45, 2.75) is 65.8 Å². The van der Waals surface area contributed by atoms with E-state index in [-0.39, 0.29) is 28.8 Å². The van der Waals surface area contributed by atoms with Crippen molar-refractivity contribution in [2.75, 3.05) is 10.6 Å². The van der Waals surface area contributed by atoms with E-state index in [9.17, 15) is 9.59 Å². The summed E-state index contributed by atoms with van der Waals surface area (Å²) in [6, 6.07) is 18.1. The highest BCUT2D eigenvalue weighted by Crippen LogP contribution is 2.27. The van der Waals surface area contributed by atoms with Gasteiger partial charge in [-0.25, -0.2) is 0 Å². The van der Waals surface area contributed by atoms with Gasteiger partial charge in [-0.05, 0) is 93.3 Å². The van der Waals surface area contributed by atoms with E-state index >= 15 is 0 Å². The zero-order valence-corrected chi connectivity index (χ0v) is 21.3. The first-order valence-corrected chi connectivity index (χ1v) is 12.4. The number of anilines is 2. The fourth-order valence-electron chi connectivity index (χ4n) is 3.77. The second kappa shape index (κ2) is 11.7. The summed E-state index contributed by atoms with van der Waals surface area (Å²) < 4.78 is 11.5. The molecular weight excluding hydrogens is 440 g/mol. The lowest BCUT2D eigenvalue weighted by Gasteiger charge is -2.29. The number of Topliss-reactive ketones (excluding diaryl/α,β-unsaturated/α-hetero) is 1. The minimum Gasteiger partial charge on any atom is -0.457 e. The van der Waals surface area contributed by atoms with Gasteiger partial charge < -0.3 is 19.8 Å². The summed E-state index contributed by atoms with van der Waals surface area (Å²) in [6.07, 6.45) is 3.57. The van der Waals surface area contributed by atoms with Gasteiger partial charge in [-0.1, -0.05) is 27.7 Å². The Hall–Kier alpha value is -3.54. The molecule has 0 atom stereocenters. The minimum absolute atomic E-state index is 0.0656. The van der Waals surface area contributed by atoms with Crippen LogP contribution in [0.25, 0.3) is 0 Å². The average Bonchev–Trinajstić information content (AvgIpc) is 3.38. The highest BCUT2D eigenvalue weighted by Gasteiger charge is 2.22. The van der Waals surface area contributed by atoms with E-state index in [1.54, 1.807) is 30.3 Å². The highest BCUT2D eigenvalue weighted by molar-refractivity contribution is 6.03. The van der Waals surface area contributed by atoms with E-state index in [4.69, 9.17) is 9.15 Å². The third-order valence-electron chi connectivity index (χ3n) is 6.64. The molecule has 0 aliphatic heterocycles. The van der Waals surface area contributed by atoms with Gasteiger partial charge in [0.15, 0.2) is 11.5 Å². The number of hydrogen-bond donors (Lipinski definition) is 2. The van der Waals surface area contributed by atoms with Gasteiger partial charge in [0.1, 0.15) is 11.5 Å². The van der Waals surface area contributed by atoms with Crippen molar-refractivity contribution < 1.29 is 18.7 Å². The van der Waals surface area contributed by atoms with Crippen LogP contribution in [-0.2, 0) is 0 Å². The summed E-state index contributed by atoms with van der Waals surface area (Å²) >= 11 is 0. The van der Waals surface area contributed by atoms with Crippen LogP contribution in [0, 0.1) is 5.92 Å². The van der Waals surface area contributed by atoms with Gasteiger partial charge in [0.25, 0.3) is 5.91 Å². The summed E-state index contributed by atoms with van der Waals surface area (Å²) in [5.41, 5.74) is 1.73. The SMILES string of the molecule is CCC(CC)C(=O)c1ccc(C(=O)Nc2ccc(Oc3ccc(NC(C)(CC)CC)cc3)cc2)o1. The zero-order chi connectivity index (χ0) is 25.4. The number of ether oxygens (including phenoxy) is 1. The summed E-state index contributed by atoms with van der Waals surface area (Å²) in [5.74, 6) is 1.16. The van der Waals surface area contributed by atoms with Crippen molar-refractivity contribution in [3.05, 3.63) is 72.2 Å². The summed E-state index contributed by atoms with van der Waals surface area (Å²) in [5, 5.41) is 6.37. The molecule has 0 fully saturated rings. The Morgan fingerprint density at radius 3 is 1.83 bits per heavy atom. The monoisotopic (exact) mass is 476 g/mol. The van der Waals surface area contributed by atoms with E-state index in [1.807, 2.05) is 38.1 Å². The Bertz CT molecular complexity index is 1110. The summed E-state index contributed by atoms with van der Waals surface area (Å²) in [6.45, 7) is 10.5. The Morgan fingerprint density at radius 1 is 0.800 bits per heavy atom. The molecule has 1 heterocycles. The number of amides is 1. The molecule has 35 heavy (non-hydrogen) atoms. The van der Waals surface area contributed by atoms with Crippen LogP contribution in [0.2, 0.25) is 0 Å². The van der Waals surface area contributed by atoms with Crippen LogP contribution < -0.4 is 15.4 Å². The zero-order valence-electron chi connectivity index (χ0n) is 21.3. The van der Waals surface area contributed by atoms with Crippen LogP contribution in [0.5, 0.6) is 11.5 Å². The molecule has 3 rings (SSSR count). The number of carbonyl (C=O) groups is 2. The molecule has 0 aliphatic carbocycles. The van der Waals surface area contributed by atoms with E-state index in [1.165, 1.54) is 6.07 Å². The molecule has 1 amide bonds. The first kappa shape index (κ1) is 26.1. The molecule has 186 valence electrons. The molecule has 0 saturated heterocycles. The lowest BCUT2D eigenvalue weighted by atomic mass is 9.95. The van der Waals surface area contributed by atoms with Gasteiger partial charge in [0, 0.05) is 22.8 Å². The summed E-state index contributed by atoms with van der Waals surface area (Å²) in [7, 11) is 0. The number of hydrogen-bond acceptors (Lipinski definition) is 5. The molecular formula is C29H36N2O4. The first-order chi connectivity index (χ1) is 16.8. The molecule has 0 aliphatic rings. The second-order valence-corrected chi connectivity index (χ2v) is 9.04. The van der Waals surface area contributed by atoms with Crippen LogP contribution in [0.15, 0.2) is 65.1 Å². The molecule has 0 unspecified atom stereocenters. The fourth-order valence-corrected chi connectivity index (χ4v) is 3.77. The molecule has 1 aromatic heterocycles. The van der Waals surface area contributed by atoms with Gasteiger partial charge in [-0.2, -0.15) is 0 Å². The molecule has 0 radical (unpaired) electrons. The van der Waals surface area contributed by atoms with Crippen LogP contribution in [0.4, 0.5) is 11.4 Å². The molecule has 3 aromatic rings. The number of ketones is 1. The minimum atomic E-state index is -0.406. The molecule has 0 bridgehead atoms. The van der Waals surface area contributed by atoms with Crippen molar-refractivity contribution >= 4 is 23.1 Å². The van der Waals surface area contributed by atoms with Gasteiger partial charge in [-0.3, -0.25) is 9.59 Å². The van der Waals surface area contributed by atoms with E-state index in [2.05, 4.69) is 31.4 Å². The topological polar surface area (TPSA) is 80.6 Å². The standard InChI is InChI=1S/C29H36N2O4/c1-6-20(7-2)27(32)25-18-19-26(35-25)28(33)30-21-10-14-23(15-11-21)34-24-16-12-22(13-17-24)31-29(5,8-3)9-4/h10-20,31H,6-9H2,1-5H3,(H,30,33). The molecule has 0 spiro atoms. The Morgan fingerprint density at radius 2 is 1.31 bits per heavy atom. The predicted molar refractivity (Wildman–Crippen MR) is 141 cm³/mol. The van der Waals surface area contributed by atoms with E-state index in [0.717, 1.165) is 37.1 Å². The van der Waals surface area contributed by atoms with Crippen LogP contribution >= 0.6 is 0 Å². The Kier molecular flexibility index (Phi) is 8.74. The average molecular weight is 477 g/mol. The van der Waals surface area contributed by atoms with Crippen molar-refractivity contribution in [1.29, 1.82) is 0 Å².